The summed E-state index contributed by atoms with van der Waals surface area (Å²) in [6, 6.07) is 21.3. The number of methoxy groups -OCH3 is 1. The van der Waals surface area contributed by atoms with Gasteiger partial charge in [0.25, 0.3) is 5.91 Å². The van der Waals surface area contributed by atoms with E-state index >= 15 is 4.79 Å². The molecule has 3 aromatic carbocycles. The van der Waals surface area contributed by atoms with Gasteiger partial charge in [0, 0.05) is 37.2 Å². The first-order valence-corrected chi connectivity index (χ1v) is 24.2. The van der Waals surface area contributed by atoms with E-state index in [9.17, 15) is 19.5 Å². The van der Waals surface area contributed by atoms with Crippen LogP contribution in [0.4, 0.5) is 11.4 Å². The number of nitrogens with zero attached hydrogens (tertiary/aromatic N) is 3. The fourth-order valence-corrected chi connectivity index (χ4v) is 14.1. The van der Waals surface area contributed by atoms with Crippen molar-refractivity contribution in [3.63, 3.8) is 0 Å². The number of allylic oxidation sites excluding steroid dienone is 3. The Bertz CT molecular complexity index is 2210. The van der Waals surface area contributed by atoms with Crippen molar-refractivity contribution in [1.29, 1.82) is 0 Å². The SMILES string of the molecule is COc1ccc([Si](C)(C)[C@@H]2[C@@H](CC(=O)N3Cc4ccccc4C[C@H]3CO)O[C@]3(C(=O)N(C/C=C(\C)CCC=C(C)C)c4ccc(N5C(=O)CC5OC(C)=O)cc43)[C@H]2C)cc1. The molecule has 1 unspecified atom stereocenters. The molecule has 4 aliphatic heterocycles. The Hall–Kier alpha value is -5.04. The highest BCUT2D eigenvalue weighted by atomic mass is 28.3. The minimum Gasteiger partial charge on any atom is -0.497 e. The number of ether oxygens (including phenoxy) is 3. The van der Waals surface area contributed by atoms with Gasteiger partial charge in [-0.2, -0.15) is 0 Å². The second-order valence-corrected chi connectivity index (χ2v) is 22.4. The third-order valence-corrected chi connectivity index (χ3v) is 17.6. The zero-order chi connectivity index (χ0) is 43.1. The molecule has 1 spiro atoms. The number of esters is 1. The van der Waals surface area contributed by atoms with Crippen LogP contribution in [0.5, 0.6) is 5.75 Å². The second-order valence-electron chi connectivity index (χ2n) is 17.7. The number of amides is 3. The summed E-state index contributed by atoms with van der Waals surface area (Å²) >= 11 is 0. The van der Waals surface area contributed by atoms with Crippen molar-refractivity contribution in [2.75, 3.05) is 30.1 Å². The van der Waals surface area contributed by atoms with Crippen LogP contribution < -0.4 is 19.7 Å². The summed E-state index contributed by atoms with van der Waals surface area (Å²) in [5.41, 5.74) is 4.71. The number of rotatable bonds is 13. The Morgan fingerprint density at radius 3 is 2.33 bits per heavy atom. The zero-order valence-corrected chi connectivity index (χ0v) is 37.2. The molecule has 0 aliphatic carbocycles. The standard InChI is InChI=1S/C48H59N3O8Si/c1-30(2)12-11-13-31(3)22-23-49-41-21-16-36(51-44(55)27-45(51)58-33(5)53)25-40(41)48(47(49)56)32(4)46(60(7,8)39-19-17-38(57-6)18-20-39)42(59-48)26-43(54)50-28-35-15-10-9-14-34(35)24-37(50)29-52/h9-10,12,14-22,25,32,37,42,45-46,52H,11,13,23-24,26-29H2,1-8H3/b31-22+/t32-,37-,42+,45?,46-,48+/m0/s1. The number of aliphatic hydroxyl groups is 1. The van der Waals surface area contributed by atoms with Gasteiger partial charge in [0.15, 0.2) is 11.8 Å². The number of aliphatic hydroxyl groups excluding tert-OH is 1. The maximum Gasteiger partial charge on any atom is 0.304 e. The Kier molecular flexibility index (Phi) is 12.3. The second kappa shape index (κ2) is 17.1. The van der Waals surface area contributed by atoms with E-state index in [4.69, 9.17) is 14.2 Å². The van der Waals surface area contributed by atoms with Gasteiger partial charge in [-0.25, -0.2) is 0 Å². The van der Waals surface area contributed by atoms with Crippen LogP contribution in [0.1, 0.15) is 77.0 Å². The fraction of sp³-hybridized carbons (Fsp3) is 0.458. The monoisotopic (exact) mass is 833 g/mol. The molecule has 0 aromatic heterocycles. The van der Waals surface area contributed by atoms with Crippen LogP contribution in [0.15, 0.2) is 90.0 Å². The number of benzene rings is 3. The van der Waals surface area contributed by atoms with Crippen LogP contribution in [0.3, 0.4) is 0 Å². The summed E-state index contributed by atoms with van der Waals surface area (Å²) in [5, 5.41) is 11.7. The summed E-state index contributed by atoms with van der Waals surface area (Å²) in [5.74, 6) is -0.686. The van der Waals surface area contributed by atoms with Crippen LogP contribution in [-0.2, 0) is 47.2 Å². The average molecular weight is 834 g/mol. The smallest absolute Gasteiger partial charge is 0.304 e. The van der Waals surface area contributed by atoms with E-state index in [0.29, 0.717) is 36.4 Å². The summed E-state index contributed by atoms with van der Waals surface area (Å²) in [6.45, 7) is 14.7. The molecule has 0 saturated carbocycles. The number of carbonyl (C=O) groups excluding carboxylic acids is 4. The van der Waals surface area contributed by atoms with E-state index in [-0.39, 0.29) is 48.8 Å². The van der Waals surface area contributed by atoms with Crippen LogP contribution in [-0.4, -0.2) is 80.4 Å². The molecular weight excluding hydrogens is 775 g/mol. The molecule has 11 nitrogen and oxygen atoms in total. The first kappa shape index (κ1) is 43.1. The minimum absolute atomic E-state index is 0.0207. The molecule has 2 saturated heterocycles. The van der Waals surface area contributed by atoms with Crippen molar-refractivity contribution in [3.8, 4) is 5.75 Å². The molecule has 60 heavy (non-hydrogen) atoms. The molecule has 0 radical (unpaired) electrons. The Labute approximate surface area is 355 Å². The molecule has 3 aromatic rings. The van der Waals surface area contributed by atoms with Gasteiger partial charge >= 0.3 is 5.97 Å². The van der Waals surface area contributed by atoms with Crippen LogP contribution in [0.25, 0.3) is 0 Å². The van der Waals surface area contributed by atoms with Gasteiger partial charge < -0.3 is 29.1 Å². The number of β-lactam (4-membered cyclic amide) rings is 1. The van der Waals surface area contributed by atoms with E-state index < -0.39 is 37.9 Å². The average Bonchev–Trinajstić information content (AvgIpc) is 3.64. The van der Waals surface area contributed by atoms with Gasteiger partial charge in [-0.15, -0.1) is 0 Å². The first-order chi connectivity index (χ1) is 28.6. The molecule has 6 atom stereocenters. The molecular formula is C48H59N3O8Si. The minimum atomic E-state index is -2.62. The third-order valence-electron chi connectivity index (χ3n) is 13.3. The maximum atomic E-state index is 15.5. The van der Waals surface area contributed by atoms with Crippen LogP contribution in [0, 0.1) is 5.92 Å². The molecule has 318 valence electrons. The van der Waals surface area contributed by atoms with Gasteiger partial charge in [-0.3, -0.25) is 24.1 Å². The number of carbonyl (C=O) groups is 4. The summed E-state index contributed by atoms with van der Waals surface area (Å²) in [6.07, 6.45) is 5.29. The number of anilines is 2. The normalized spacial score (nSPS) is 24.9. The van der Waals surface area contributed by atoms with E-state index in [1.54, 1.807) is 23.0 Å². The first-order valence-electron chi connectivity index (χ1n) is 21.1. The highest BCUT2D eigenvalue weighted by Crippen LogP contribution is 2.60. The lowest BCUT2D eigenvalue weighted by Gasteiger charge is -2.39. The molecule has 3 amide bonds. The molecule has 7 rings (SSSR count). The number of fused-ring (bicyclic) bond motifs is 3. The maximum absolute atomic E-state index is 15.5. The van der Waals surface area contributed by atoms with Crippen molar-refractivity contribution in [3.05, 3.63) is 107 Å². The Morgan fingerprint density at radius 2 is 1.68 bits per heavy atom. The van der Waals surface area contributed by atoms with Gasteiger partial charge in [-0.05, 0) is 87.0 Å². The summed E-state index contributed by atoms with van der Waals surface area (Å²) in [4.78, 5) is 60.4. The van der Waals surface area contributed by atoms with E-state index in [1.807, 2.05) is 42.5 Å². The number of hydrogen-bond donors (Lipinski definition) is 1. The Morgan fingerprint density at radius 1 is 0.967 bits per heavy atom. The highest BCUT2D eigenvalue weighted by molar-refractivity contribution is 6.91. The molecule has 1 N–H and O–H groups in total. The number of hydrogen-bond acceptors (Lipinski definition) is 8. The van der Waals surface area contributed by atoms with Crippen molar-refractivity contribution >= 4 is 48.3 Å². The van der Waals surface area contributed by atoms with Gasteiger partial charge in [-0.1, -0.05) is 84.9 Å². The lowest BCUT2D eigenvalue weighted by atomic mass is 9.82. The highest BCUT2D eigenvalue weighted by Gasteiger charge is 2.66. The van der Waals surface area contributed by atoms with Gasteiger partial charge in [0.05, 0.1) is 52.5 Å². The topological polar surface area (TPSA) is 126 Å². The summed E-state index contributed by atoms with van der Waals surface area (Å²) < 4.78 is 18.4. The molecule has 4 heterocycles. The van der Waals surface area contributed by atoms with Crippen molar-refractivity contribution in [2.45, 2.75) is 116 Å². The molecule has 2 fully saturated rings. The quantitative estimate of drug-likeness (QED) is 0.0853. The van der Waals surface area contributed by atoms with Crippen molar-refractivity contribution in [1.82, 2.24) is 4.90 Å². The van der Waals surface area contributed by atoms with Crippen LogP contribution in [0.2, 0.25) is 18.6 Å². The summed E-state index contributed by atoms with van der Waals surface area (Å²) in [7, 11) is -0.978. The van der Waals surface area contributed by atoms with Gasteiger partial charge in [0.1, 0.15) is 5.75 Å². The Balaban J connectivity index is 1.32. The molecule has 4 aliphatic rings. The third kappa shape index (κ3) is 7.85. The van der Waals surface area contributed by atoms with E-state index in [2.05, 4.69) is 71.1 Å². The largest absolute Gasteiger partial charge is 0.497 e. The van der Waals surface area contributed by atoms with Crippen molar-refractivity contribution < 1.29 is 38.5 Å². The van der Waals surface area contributed by atoms with Crippen molar-refractivity contribution in [2.24, 2.45) is 5.92 Å². The predicted octanol–water partition coefficient (Wildman–Crippen LogP) is 6.91. The lowest BCUT2D eigenvalue weighted by Crippen LogP contribution is -2.55. The van der Waals surface area contributed by atoms with Gasteiger partial charge in [0.2, 0.25) is 11.8 Å². The lowest BCUT2D eigenvalue weighted by molar-refractivity contribution is -0.154. The molecule has 12 heteroatoms. The fourth-order valence-electron chi connectivity index (χ4n) is 10.1. The zero-order valence-electron chi connectivity index (χ0n) is 36.2. The van der Waals surface area contributed by atoms with Crippen LogP contribution >= 0.6 is 0 Å². The predicted molar refractivity (Wildman–Crippen MR) is 235 cm³/mol. The van der Waals surface area contributed by atoms with E-state index in [1.165, 1.54) is 17.4 Å². The van der Waals surface area contributed by atoms with E-state index in [0.717, 1.165) is 40.5 Å². The molecule has 0 bridgehead atoms.